The van der Waals surface area contributed by atoms with Crippen LogP contribution in [0.25, 0.3) is 11.1 Å². The van der Waals surface area contributed by atoms with Crippen LogP contribution in [-0.4, -0.2) is 11.5 Å². The minimum Gasteiger partial charge on any atom is -0.443 e. The number of aromatic nitrogens is 1. The number of benzene rings is 1. The minimum absolute atomic E-state index is 0.356. The number of oxazole rings is 1. The molecule has 0 aliphatic heterocycles. The van der Waals surface area contributed by atoms with Gasteiger partial charge in [-0.3, -0.25) is 0 Å². The van der Waals surface area contributed by atoms with E-state index in [1.807, 2.05) is 24.3 Å². The van der Waals surface area contributed by atoms with Crippen molar-refractivity contribution in [2.45, 2.75) is 6.54 Å². The molecule has 0 spiro atoms. The van der Waals surface area contributed by atoms with Crippen LogP contribution in [0.4, 0.5) is 0 Å². The van der Waals surface area contributed by atoms with Gasteiger partial charge in [0.1, 0.15) is 5.52 Å². The van der Waals surface area contributed by atoms with Gasteiger partial charge in [-0.1, -0.05) is 6.07 Å². The van der Waals surface area contributed by atoms with Crippen molar-refractivity contribution in [3.63, 3.8) is 0 Å². The van der Waals surface area contributed by atoms with Gasteiger partial charge in [-0.25, -0.2) is 4.98 Å². The third-order valence-corrected chi connectivity index (χ3v) is 1.93. The van der Waals surface area contributed by atoms with Crippen molar-refractivity contribution in [3.8, 4) is 6.07 Å². The highest BCUT2D eigenvalue weighted by atomic mass is 16.3. The van der Waals surface area contributed by atoms with E-state index in [1.54, 1.807) is 0 Å². The molecular weight excluding hydrogens is 178 g/mol. The van der Waals surface area contributed by atoms with E-state index in [2.05, 4.69) is 10.3 Å². The number of rotatable bonds is 3. The summed E-state index contributed by atoms with van der Waals surface area (Å²) in [6.07, 6.45) is 1.43. The molecule has 0 aliphatic rings. The Hall–Kier alpha value is -1.86. The first-order chi connectivity index (χ1) is 6.90. The van der Waals surface area contributed by atoms with Gasteiger partial charge < -0.3 is 9.73 Å². The molecule has 1 heterocycles. The van der Waals surface area contributed by atoms with E-state index in [4.69, 9.17) is 9.68 Å². The molecule has 2 aromatic rings. The van der Waals surface area contributed by atoms with Crippen molar-refractivity contribution >= 4 is 11.1 Å². The Balaban J connectivity index is 2.14. The summed E-state index contributed by atoms with van der Waals surface area (Å²) in [5.74, 6) is 0. The normalized spacial score (nSPS) is 10.2. The first-order valence-corrected chi connectivity index (χ1v) is 4.30. The summed E-state index contributed by atoms with van der Waals surface area (Å²) in [6, 6.07) is 7.82. The third-order valence-electron chi connectivity index (χ3n) is 1.93. The molecule has 0 aliphatic carbocycles. The van der Waals surface area contributed by atoms with Crippen LogP contribution in [0.1, 0.15) is 5.56 Å². The third kappa shape index (κ3) is 1.73. The highest BCUT2D eigenvalue weighted by Crippen LogP contribution is 2.13. The smallest absolute Gasteiger partial charge is 0.181 e. The van der Waals surface area contributed by atoms with Crippen LogP contribution in [0.15, 0.2) is 29.0 Å². The second kappa shape index (κ2) is 3.90. The predicted octanol–water partition coefficient (Wildman–Crippen LogP) is 1.44. The van der Waals surface area contributed by atoms with E-state index in [-0.39, 0.29) is 0 Å². The SMILES string of the molecule is N#CCNCc1ccc2ncoc2c1. The van der Waals surface area contributed by atoms with Gasteiger partial charge in [0.05, 0.1) is 12.6 Å². The molecular formula is C10H9N3O. The molecule has 0 saturated heterocycles. The van der Waals surface area contributed by atoms with Gasteiger partial charge in [0.15, 0.2) is 12.0 Å². The maximum absolute atomic E-state index is 8.34. The number of nitriles is 1. The van der Waals surface area contributed by atoms with Gasteiger partial charge in [0, 0.05) is 6.54 Å². The Morgan fingerprint density at radius 3 is 3.29 bits per heavy atom. The zero-order chi connectivity index (χ0) is 9.80. The molecule has 14 heavy (non-hydrogen) atoms. The average molecular weight is 187 g/mol. The fourth-order valence-electron chi connectivity index (χ4n) is 1.27. The minimum atomic E-state index is 0.356. The zero-order valence-electron chi connectivity index (χ0n) is 7.53. The largest absolute Gasteiger partial charge is 0.443 e. The topological polar surface area (TPSA) is 61.9 Å². The number of nitrogens with zero attached hydrogens (tertiary/aromatic N) is 2. The molecule has 1 aromatic carbocycles. The molecule has 0 atom stereocenters. The molecule has 0 amide bonds. The van der Waals surface area contributed by atoms with Crippen molar-refractivity contribution in [1.82, 2.24) is 10.3 Å². The van der Waals surface area contributed by atoms with Crippen molar-refractivity contribution < 1.29 is 4.42 Å². The Labute approximate surface area is 81.2 Å². The summed E-state index contributed by atoms with van der Waals surface area (Å²) in [7, 11) is 0. The van der Waals surface area contributed by atoms with Gasteiger partial charge in [0.25, 0.3) is 0 Å². The van der Waals surface area contributed by atoms with E-state index in [0.717, 1.165) is 16.7 Å². The van der Waals surface area contributed by atoms with Crippen LogP contribution in [-0.2, 0) is 6.54 Å². The average Bonchev–Trinajstić information content (AvgIpc) is 2.65. The molecule has 0 radical (unpaired) electrons. The lowest BCUT2D eigenvalue weighted by Gasteiger charge is -1.99. The molecule has 2 rings (SSSR count). The lowest BCUT2D eigenvalue weighted by molar-refractivity contribution is 0.601. The maximum atomic E-state index is 8.34. The predicted molar refractivity (Wildman–Crippen MR) is 51.3 cm³/mol. The fourth-order valence-corrected chi connectivity index (χ4v) is 1.27. The molecule has 1 aromatic heterocycles. The highest BCUT2D eigenvalue weighted by molar-refractivity contribution is 5.72. The van der Waals surface area contributed by atoms with Crippen LogP contribution >= 0.6 is 0 Å². The lowest BCUT2D eigenvalue weighted by Crippen LogP contribution is -2.12. The molecule has 70 valence electrons. The summed E-state index contributed by atoms with van der Waals surface area (Å²) in [5, 5.41) is 11.3. The van der Waals surface area contributed by atoms with Crippen LogP contribution in [0.5, 0.6) is 0 Å². The van der Waals surface area contributed by atoms with Crippen LogP contribution in [0.2, 0.25) is 0 Å². The van der Waals surface area contributed by atoms with Crippen molar-refractivity contribution in [2.75, 3.05) is 6.54 Å². The molecule has 0 saturated carbocycles. The van der Waals surface area contributed by atoms with Crippen LogP contribution in [0, 0.1) is 11.3 Å². The Morgan fingerprint density at radius 1 is 1.50 bits per heavy atom. The maximum Gasteiger partial charge on any atom is 0.181 e. The van der Waals surface area contributed by atoms with Gasteiger partial charge in [-0.15, -0.1) is 0 Å². The fraction of sp³-hybridized carbons (Fsp3) is 0.200. The number of fused-ring (bicyclic) bond motifs is 1. The van der Waals surface area contributed by atoms with Gasteiger partial charge in [0.2, 0.25) is 0 Å². The second-order valence-electron chi connectivity index (χ2n) is 2.92. The second-order valence-corrected chi connectivity index (χ2v) is 2.92. The first-order valence-electron chi connectivity index (χ1n) is 4.30. The highest BCUT2D eigenvalue weighted by Gasteiger charge is 1.99. The van der Waals surface area contributed by atoms with Crippen molar-refractivity contribution in [2.24, 2.45) is 0 Å². The Bertz CT molecular complexity index is 469. The standard InChI is InChI=1S/C10H9N3O/c11-3-4-12-6-8-1-2-9-10(5-8)14-7-13-9/h1-2,5,7,12H,4,6H2. The summed E-state index contributed by atoms with van der Waals surface area (Å²) in [5.41, 5.74) is 2.72. The Morgan fingerprint density at radius 2 is 2.43 bits per heavy atom. The Kier molecular flexibility index (Phi) is 2.43. The monoisotopic (exact) mass is 187 g/mol. The molecule has 1 N–H and O–H groups in total. The molecule has 4 nitrogen and oxygen atoms in total. The molecule has 0 bridgehead atoms. The van der Waals surface area contributed by atoms with Gasteiger partial charge >= 0.3 is 0 Å². The first kappa shape index (κ1) is 8.73. The molecule has 0 unspecified atom stereocenters. The summed E-state index contributed by atoms with van der Waals surface area (Å²) < 4.78 is 5.16. The van der Waals surface area contributed by atoms with E-state index in [0.29, 0.717) is 13.1 Å². The number of hydrogen-bond donors (Lipinski definition) is 1. The van der Waals surface area contributed by atoms with E-state index < -0.39 is 0 Å². The summed E-state index contributed by atoms with van der Waals surface area (Å²) in [6.45, 7) is 1.03. The van der Waals surface area contributed by atoms with Crippen LogP contribution < -0.4 is 5.32 Å². The van der Waals surface area contributed by atoms with Gasteiger partial charge in [-0.05, 0) is 17.7 Å². The number of nitrogens with one attached hydrogen (secondary N) is 1. The summed E-state index contributed by atoms with van der Waals surface area (Å²) in [4.78, 5) is 4.02. The van der Waals surface area contributed by atoms with E-state index in [9.17, 15) is 0 Å². The lowest BCUT2D eigenvalue weighted by atomic mass is 10.2. The van der Waals surface area contributed by atoms with Gasteiger partial charge in [-0.2, -0.15) is 5.26 Å². The quantitative estimate of drug-likeness (QED) is 0.583. The zero-order valence-corrected chi connectivity index (χ0v) is 7.53. The van der Waals surface area contributed by atoms with E-state index in [1.165, 1.54) is 6.39 Å². The number of hydrogen-bond acceptors (Lipinski definition) is 4. The van der Waals surface area contributed by atoms with E-state index >= 15 is 0 Å². The van der Waals surface area contributed by atoms with Crippen LogP contribution in [0.3, 0.4) is 0 Å². The van der Waals surface area contributed by atoms with Crippen molar-refractivity contribution in [1.29, 1.82) is 5.26 Å². The molecule has 0 fully saturated rings. The summed E-state index contributed by atoms with van der Waals surface area (Å²) >= 11 is 0. The molecule has 4 heteroatoms. The van der Waals surface area contributed by atoms with Crippen molar-refractivity contribution in [3.05, 3.63) is 30.2 Å².